The van der Waals surface area contributed by atoms with Gasteiger partial charge in [-0.05, 0) is 26.2 Å². The zero-order chi connectivity index (χ0) is 10.4. The summed E-state index contributed by atoms with van der Waals surface area (Å²) in [7, 11) is 1.77. The van der Waals surface area contributed by atoms with Crippen molar-refractivity contribution in [1.82, 2.24) is 0 Å². The van der Waals surface area contributed by atoms with Crippen molar-refractivity contribution in [3.63, 3.8) is 0 Å². The highest BCUT2D eigenvalue weighted by atomic mass is 16.5. The molecule has 1 aliphatic carbocycles. The fourth-order valence-electron chi connectivity index (χ4n) is 2.09. The van der Waals surface area contributed by atoms with Crippen LogP contribution in [0, 0.1) is 5.41 Å². The summed E-state index contributed by atoms with van der Waals surface area (Å²) in [5.74, 6) is 0. The first kappa shape index (κ1) is 11.7. The summed E-state index contributed by atoms with van der Waals surface area (Å²) in [6.45, 7) is 6.79. The van der Waals surface area contributed by atoms with Gasteiger partial charge in [-0.1, -0.05) is 18.6 Å². The zero-order valence-electron chi connectivity index (χ0n) is 9.64. The molecule has 0 heterocycles. The summed E-state index contributed by atoms with van der Waals surface area (Å²) in [5.41, 5.74) is 1.63. The van der Waals surface area contributed by atoms with Gasteiger partial charge in [0.2, 0.25) is 0 Å². The molecule has 0 saturated carbocycles. The number of ether oxygens (including phenoxy) is 2. The molecule has 1 rings (SSSR count). The molecule has 0 saturated heterocycles. The van der Waals surface area contributed by atoms with Gasteiger partial charge in [0, 0.05) is 19.1 Å². The van der Waals surface area contributed by atoms with Crippen molar-refractivity contribution in [3.05, 3.63) is 11.6 Å². The van der Waals surface area contributed by atoms with Crippen LogP contribution in [0.15, 0.2) is 11.6 Å². The predicted octanol–water partition coefficient (Wildman–Crippen LogP) is 2.79. The number of hydrogen-bond acceptors (Lipinski definition) is 2. The van der Waals surface area contributed by atoms with Crippen LogP contribution in [-0.2, 0) is 9.47 Å². The van der Waals surface area contributed by atoms with Crippen LogP contribution in [0.1, 0.15) is 33.1 Å². The third-order valence-corrected chi connectivity index (χ3v) is 2.74. The Balaban J connectivity index is 2.46. The number of hydrogen-bond donors (Lipinski definition) is 0. The maximum absolute atomic E-state index is 5.65. The van der Waals surface area contributed by atoms with Gasteiger partial charge in [0.05, 0.1) is 13.2 Å². The van der Waals surface area contributed by atoms with Gasteiger partial charge in [-0.25, -0.2) is 0 Å². The van der Waals surface area contributed by atoms with Crippen molar-refractivity contribution in [2.45, 2.75) is 33.1 Å². The minimum Gasteiger partial charge on any atom is -0.384 e. The number of methoxy groups -OCH3 is 1. The largest absolute Gasteiger partial charge is 0.384 e. The van der Waals surface area contributed by atoms with E-state index in [1.54, 1.807) is 7.11 Å². The molecule has 0 N–H and O–H groups in total. The van der Waals surface area contributed by atoms with Gasteiger partial charge >= 0.3 is 0 Å². The lowest BCUT2D eigenvalue weighted by atomic mass is 9.90. The topological polar surface area (TPSA) is 18.5 Å². The van der Waals surface area contributed by atoms with Crippen LogP contribution in [0.5, 0.6) is 0 Å². The van der Waals surface area contributed by atoms with E-state index >= 15 is 0 Å². The van der Waals surface area contributed by atoms with Crippen LogP contribution in [0.25, 0.3) is 0 Å². The molecule has 0 fully saturated rings. The molecular weight excluding hydrogens is 176 g/mol. The standard InChI is InChI=1S/C12H22O2/c1-4-7-14-10-12(9-13-3)6-5-11(2)8-12/h8H,4-7,9-10H2,1-3H3/t12-/m0/s1. The summed E-state index contributed by atoms with van der Waals surface area (Å²) >= 11 is 0. The Morgan fingerprint density at radius 2 is 2.21 bits per heavy atom. The van der Waals surface area contributed by atoms with E-state index in [0.717, 1.165) is 26.2 Å². The van der Waals surface area contributed by atoms with Gasteiger partial charge in [-0.2, -0.15) is 0 Å². The van der Waals surface area contributed by atoms with Crippen LogP contribution in [0.4, 0.5) is 0 Å². The molecule has 1 aliphatic rings. The van der Waals surface area contributed by atoms with E-state index in [1.807, 2.05) is 0 Å². The van der Waals surface area contributed by atoms with Gasteiger partial charge in [-0.3, -0.25) is 0 Å². The summed E-state index contributed by atoms with van der Waals surface area (Å²) in [6, 6.07) is 0. The molecule has 0 aromatic rings. The van der Waals surface area contributed by atoms with E-state index in [-0.39, 0.29) is 5.41 Å². The minimum atomic E-state index is 0.161. The van der Waals surface area contributed by atoms with E-state index in [1.165, 1.54) is 18.4 Å². The molecule has 2 heteroatoms. The SMILES string of the molecule is CCCOC[C@]1(COC)C=C(C)CC1. The van der Waals surface area contributed by atoms with Crippen LogP contribution >= 0.6 is 0 Å². The van der Waals surface area contributed by atoms with Crippen molar-refractivity contribution >= 4 is 0 Å². The normalized spacial score (nSPS) is 26.6. The first-order valence-corrected chi connectivity index (χ1v) is 5.47. The molecule has 0 aromatic carbocycles. The Bertz CT molecular complexity index is 198. The quantitative estimate of drug-likeness (QED) is 0.482. The van der Waals surface area contributed by atoms with E-state index in [0.29, 0.717) is 0 Å². The lowest BCUT2D eigenvalue weighted by molar-refractivity contribution is 0.0190. The molecule has 0 aromatic heterocycles. The van der Waals surface area contributed by atoms with Crippen molar-refractivity contribution in [3.8, 4) is 0 Å². The van der Waals surface area contributed by atoms with E-state index in [4.69, 9.17) is 9.47 Å². The molecule has 2 nitrogen and oxygen atoms in total. The third kappa shape index (κ3) is 3.10. The predicted molar refractivity (Wildman–Crippen MR) is 58.4 cm³/mol. The average molecular weight is 198 g/mol. The number of rotatable bonds is 6. The van der Waals surface area contributed by atoms with E-state index in [2.05, 4.69) is 19.9 Å². The first-order chi connectivity index (χ1) is 6.72. The monoisotopic (exact) mass is 198 g/mol. The fraction of sp³-hybridized carbons (Fsp3) is 0.833. The molecule has 0 aliphatic heterocycles. The molecule has 0 amide bonds. The minimum absolute atomic E-state index is 0.161. The Morgan fingerprint density at radius 3 is 2.71 bits per heavy atom. The summed E-state index contributed by atoms with van der Waals surface area (Å²) in [5, 5.41) is 0. The van der Waals surface area contributed by atoms with Gasteiger partial charge in [0.1, 0.15) is 0 Å². The molecule has 0 bridgehead atoms. The van der Waals surface area contributed by atoms with Crippen LogP contribution in [-0.4, -0.2) is 26.9 Å². The highest BCUT2D eigenvalue weighted by molar-refractivity contribution is 5.15. The fourth-order valence-corrected chi connectivity index (χ4v) is 2.09. The molecule has 0 spiro atoms. The van der Waals surface area contributed by atoms with Crippen molar-refractivity contribution in [1.29, 1.82) is 0 Å². The number of allylic oxidation sites excluding steroid dienone is 1. The molecule has 14 heavy (non-hydrogen) atoms. The second-order valence-electron chi connectivity index (χ2n) is 4.34. The Morgan fingerprint density at radius 1 is 1.43 bits per heavy atom. The maximum atomic E-state index is 5.65. The Kier molecular flexibility index (Phi) is 4.63. The Hall–Kier alpha value is -0.340. The first-order valence-electron chi connectivity index (χ1n) is 5.47. The van der Waals surface area contributed by atoms with Crippen LogP contribution < -0.4 is 0 Å². The van der Waals surface area contributed by atoms with Gasteiger partial charge < -0.3 is 9.47 Å². The Labute approximate surface area is 87.3 Å². The van der Waals surface area contributed by atoms with E-state index < -0.39 is 0 Å². The highest BCUT2D eigenvalue weighted by Gasteiger charge is 2.32. The second-order valence-corrected chi connectivity index (χ2v) is 4.34. The molecule has 1 atom stereocenters. The van der Waals surface area contributed by atoms with Gasteiger partial charge in [-0.15, -0.1) is 0 Å². The van der Waals surface area contributed by atoms with Gasteiger partial charge in [0.25, 0.3) is 0 Å². The highest BCUT2D eigenvalue weighted by Crippen LogP contribution is 2.36. The maximum Gasteiger partial charge on any atom is 0.0579 e. The average Bonchev–Trinajstić information content (AvgIpc) is 2.49. The van der Waals surface area contributed by atoms with Crippen LogP contribution in [0.2, 0.25) is 0 Å². The van der Waals surface area contributed by atoms with Crippen LogP contribution in [0.3, 0.4) is 0 Å². The summed E-state index contributed by atoms with van der Waals surface area (Å²) < 4.78 is 10.9. The lowest BCUT2D eigenvalue weighted by Gasteiger charge is -2.26. The lowest BCUT2D eigenvalue weighted by Crippen LogP contribution is -2.28. The molecule has 82 valence electrons. The molecule has 0 radical (unpaired) electrons. The summed E-state index contributed by atoms with van der Waals surface area (Å²) in [4.78, 5) is 0. The van der Waals surface area contributed by atoms with Crippen molar-refractivity contribution < 1.29 is 9.47 Å². The van der Waals surface area contributed by atoms with Gasteiger partial charge in [0.15, 0.2) is 0 Å². The zero-order valence-corrected chi connectivity index (χ0v) is 9.64. The smallest absolute Gasteiger partial charge is 0.0579 e. The summed E-state index contributed by atoms with van der Waals surface area (Å²) in [6.07, 6.45) is 5.80. The van der Waals surface area contributed by atoms with E-state index in [9.17, 15) is 0 Å². The van der Waals surface area contributed by atoms with Crippen molar-refractivity contribution in [2.24, 2.45) is 5.41 Å². The third-order valence-electron chi connectivity index (χ3n) is 2.74. The molecule has 0 unspecified atom stereocenters. The second kappa shape index (κ2) is 5.52. The molecular formula is C12H22O2. The van der Waals surface area contributed by atoms with Crippen molar-refractivity contribution in [2.75, 3.05) is 26.9 Å².